The van der Waals surface area contributed by atoms with E-state index in [4.69, 9.17) is 4.74 Å². The van der Waals surface area contributed by atoms with Crippen molar-refractivity contribution in [2.45, 2.75) is 57.3 Å². The van der Waals surface area contributed by atoms with Crippen LogP contribution in [0.5, 0.6) is 0 Å². The van der Waals surface area contributed by atoms with Gasteiger partial charge in [0.15, 0.2) is 0 Å². The molecule has 8 heteroatoms. The SMILES string of the molecule is CCc1nc(COC(=O)C23CCC(=O)N2c2ccccc2C(=O)N3C2CC2)cs1. The van der Waals surface area contributed by atoms with E-state index in [-0.39, 0.29) is 37.3 Å². The highest BCUT2D eigenvalue weighted by atomic mass is 32.1. The van der Waals surface area contributed by atoms with Crippen molar-refractivity contribution in [2.75, 3.05) is 4.90 Å². The molecule has 1 aliphatic carbocycles. The molecule has 0 radical (unpaired) electrons. The fraction of sp³-hybridized carbons (Fsp3) is 0.429. The van der Waals surface area contributed by atoms with Crippen molar-refractivity contribution in [3.05, 3.63) is 45.9 Å². The van der Waals surface area contributed by atoms with Crippen molar-refractivity contribution < 1.29 is 19.1 Å². The summed E-state index contributed by atoms with van der Waals surface area (Å²) in [5.74, 6) is -0.911. The zero-order valence-corrected chi connectivity index (χ0v) is 16.9. The number of hydrogen-bond acceptors (Lipinski definition) is 6. The van der Waals surface area contributed by atoms with Gasteiger partial charge in [-0.15, -0.1) is 11.3 Å². The predicted octanol–water partition coefficient (Wildman–Crippen LogP) is 2.89. The van der Waals surface area contributed by atoms with Gasteiger partial charge in [0.2, 0.25) is 11.6 Å². The molecule has 1 saturated carbocycles. The number of rotatable bonds is 5. The molecule has 2 aliphatic heterocycles. The number of amides is 2. The lowest BCUT2D eigenvalue weighted by atomic mass is 9.96. The normalized spacial score (nSPS) is 23.2. The predicted molar refractivity (Wildman–Crippen MR) is 106 cm³/mol. The number of thiazole rings is 1. The Hall–Kier alpha value is -2.74. The molecule has 150 valence electrons. The van der Waals surface area contributed by atoms with Crippen LogP contribution in [0.4, 0.5) is 5.69 Å². The molecule has 29 heavy (non-hydrogen) atoms. The number of hydrogen-bond donors (Lipinski definition) is 0. The Morgan fingerprint density at radius 3 is 2.83 bits per heavy atom. The van der Waals surface area contributed by atoms with Crippen LogP contribution in [0, 0.1) is 0 Å². The second-order valence-electron chi connectivity index (χ2n) is 7.63. The van der Waals surface area contributed by atoms with E-state index in [2.05, 4.69) is 4.98 Å². The minimum atomic E-state index is -1.40. The summed E-state index contributed by atoms with van der Waals surface area (Å²) in [7, 11) is 0. The number of nitrogens with zero attached hydrogens (tertiary/aromatic N) is 3. The van der Waals surface area contributed by atoms with E-state index < -0.39 is 11.6 Å². The first kappa shape index (κ1) is 18.3. The van der Waals surface area contributed by atoms with E-state index in [1.807, 2.05) is 12.3 Å². The van der Waals surface area contributed by atoms with E-state index >= 15 is 0 Å². The lowest BCUT2D eigenvalue weighted by molar-refractivity contribution is -0.159. The molecule has 1 unspecified atom stereocenters. The number of aromatic nitrogens is 1. The maximum atomic E-state index is 13.5. The van der Waals surface area contributed by atoms with Gasteiger partial charge < -0.3 is 9.64 Å². The molecule has 1 aromatic heterocycles. The third-order valence-corrected chi connectivity index (χ3v) is 6.83. The van der Waals surface area contributed by atoms with Crippen LogP contribution in [0.3, 0.4) is 0 Å². The molecule has 5 rings (SSSR count). The van der Waals surface area contributed by atoms with Crippen LogP contribution in [0.1, 0.15) is 53.7 Å². The fourth-order valence-corrected chi connectivity index (χ4v) is 5.07. The molecule has 1 aromatic carbocycles. The summed E-state index contributed by atoms with van der Waals surface area (Å²) >= 11 is 1.53. The van der Waals surface area contributed by atoms with Gasteiger partial charge in [-0.05, 0) is 31.4 Å². The van der Waals surface area contributed by atoms with E-state index in [1.165, 1.54) is 16.2 Å². The molecular formula is C21H21N3O4S. The third-order valence-electron chi connectivity index (χ3n) is 5.79. The van der Waals surface area contributed by atoms with E-state index in [1.54, 1.807) is 29.2 Å². The van der Waals surface area contributed by atoms with Crippen LogP contribution in [-0.2, 0) is 27.4 Å². The summed E-state index contributed by atoms with van der Waals surface area (Å²) in [5.41, 5.74) is 0.252. The van der Waals surface area contributed by atoms with Gasteiger partial charge in [0.1, 0.15) is 6.61 Å². The first-order chi connectivity index (χ1) is 14.1. The summed E-state index contributed by atoms with van der Waals surface area (Å²) in [6, 6.07) is 6.97. The van der Waals surface area contributed by atoms with Crippen LogP contribution in [0.2, 0.25) is 0 Å². The molecular weight excluding hydrogens is 390 g/mol. The van der Waals surface area contributed by atoms with Gasteiger partial charge in [-0.1, -0.05) is 19.1 Å². The summed E-state index contributed by atoms with van der Waals surface area (Å²) in [5, 5.41) is 2.86. The Labute approximate surface area is 172 Å². The number of fused-ring (bicyclic) bond motifs is 3. The lowest BCUT2D eigenvalue weighted by Crippen LogP contribution is -2.69. The van der Waals surface area contributed by atoms with Gasteiger partial charge in [-0.25, -0.2) is 9.78 Å². The topological polar surface area (TPSA) is 79.8 Å². The number of esters is 1. The minimum Gasteiger partial charge on any atom is -0.456 e. The Bertz CT molecular complexity index is 1010. The molecule has 2 fully saturated rings. The highest BCUT2D eigenvalue weighted by Gasteiger charge is 2.64. The third kappa shape index (κ3) is 2.69. The average molecular weight is 411 g/mol. The number of carbonyl (C=O) groups excluding carboxylic acids is 3. The summed E-state index contributed by atoms with van der Waals surface area (Å²) in [6.45, 7) is 2.06. The first-order valence-corrected chi connectivity index (χ1v) is 10.8. The second kappa shape index (κ2) is 6.66. The van der Waals surface area contributed by atoms with E-state index in [0.29, 0.717) is 16.9 Å². The van der Waals surface area contributed by atoms with Gasteiger partial charge in [-0.2, -0.15) is 0 Å². The monoisotopic (exact) mass is 411 g/mol. The summed E-state index contributed by atoms with van der Waals surface area (Å²) < 4.78 is 5.67. The maximum Gasteiger partial charge on any atom is 0.354 e. The van der Waals surface area contributed by atoms with Gasteiger partial charge >= 0.3 is 5.97 Å². The molecule has 0 N–H and O–H groups in total. The number of benzene rings is 1. The smallest absolute Gasteiger partial charge is 0.354 e. The maximum absolute atomic E-state index is 13.5. The Balaban J connectivity index is 1.53. The van der Waals surface area contributed by atoms with Gasteiger partial charge in [0.05, 0.1) is 22.0 Å². The molecule has 3 aliphatic rings. The molecule has 0 spiro atoms. The molecule has 2 amide bonds. The van der Waals surface area contributed by atoms with E-state index in [0.717, 1.165) is 24.3 Å². The average Bonchev–Trinajstić information content (AvgIpc) is 3.35. The highest BCUT2D eigenvalue weighted by Crippen LogP contribution is 2.49. The Morgan fingerprint density at radius 1 is 1.31 bits per heavy atom. The molecule has 3 heterocycles. The number of ether oxygens (including phenoxy) is 1. The lowest BCUT2D eigenvalue weighted by Gasteiger charge is -2.48. The van der Waals surface area contributed by atoms with Gasteiger partial charge in [-0.3, -0.25) is 14.5 Å². The standard InChI is InChI=1S/C21H21N3O4S/c1-2-17-22-13(12-29-17)11-28-20(27)21-10-9-18(25)24(21)16-6-4-3-5-15(16)19(26)23(21)14-7-8-14/h3-6,12,14H,2,7-11H2,1H3. The van der Waals surface area contributed by atoms with Gasteiger partial charge in [0.25, 0.3) is 5.91 Å². The van der Waals surface area contributed by atoms with Gasteiger partial charge in [0, 0.05) is 24.3 Å². The van der Waals surface area contributed by atoms with Crippen molar-refractivity contribution in [1.82, 2.24) is 9.88 Å². The zero-order valence-electron chi connectivity index (χ0n) is 16.1. The zero-order chi connectivity index (χ0) is 20.2. The minimum absolute atomic E-state index is 0.0352. The van der Waals surface area contributed by atoms with Crippen LogP contribution in [-0.4, -0.2) is 39.4 Å². The van der Waals surface area contributed by atoms with E-state index in [9.17, 15) is 14.4 Å². The van der Waals surface area contributed by atoms with Crippen molar-refractivity contribution >= 4 is 34.8 Å². The summed E-state index contributed by atoms with van der Waals surface area (Å²) in [4.78, 5) is 47.2. The number of anilines is 1. The first-order valence-electron chi connectivity index (χ1n) is 9.92. The Kier molecular flexibility index (Phi) is 4.20. The fourth-order valence-electron chi connectivity index (χ4n) is 4.35. The number of carbonyl (C=O) groups is 3. The number of para-hydroxylation sites is 1. The second-order valence-corrected chi connectivity index (χ2v) is 8.57. The van der Waals surface area contributed by atoms with Crippen molar-refractivity contribution in [3.63, 3.8) is 0 Å². The van der Waals surface area contributed by atoms with Crippen molar-refractivity contribution in [2.24, 2.45) is 0 Å². The van der Waals surface area contributed by atoms with Crippen molar-refractivity contribution in [3.8, 4) is 0 Å². The Morgan fingerprint density at radius 2 is 2.10 bits per heavy atom. The number of aryl methyl sites for hydroxylation is 1. The quantitative estimate of drug-likeness (QED) is 0.707. The molecule has 7 nitrogen and oxygen atoms in total. The van der Waals surface area contributed by atoms with Crippen molar-refractivity contribution in [1.29, 1.82) is 0 Å². The molecule has 2 aromatic rings. The largest absolute Gasteiger partial charge is 0.456 e. The highest BCUT2D eigenvalue weighted by molar-refractivity contribution is 7.09. The molecule has 1 atom stereocenters. The molecule has 0 bridgehead atoms. The van der Waals surface area contributed by atoms with Crippen LogP contribution in [0.25, 0.3) is 0 Å². The van der Waals surface area contributed by atoms with Crippen LogP contribution < -0.4 is 4.90 Å². The van der Waals surface area contributed by atoms with Crippen LogP contribution in [0.15, 0.2) is 29.6 Å². The van der Waals surface area contributed by atoms with Crippen LogP contribution >= 0.6 is 11.3 Å². The molecule has 1 saturated heterocycles. The summed E-state index contributed by atoms with van der Waals surface area (Å²) in [6.07, 6.45) is 2.94.